The van der Waals surface area contributed by atoms with Gasteiger partial charge in [-0.25, -0.2) is 8.42 Å². The lowest BCUT2D eigenvalue weighted by Gasteiger charge is -2.21. The van der Waals surface area contributed by atoms with Crippen LogP contribution in [0.15, 0.2) is 77.7 Å². The molecule has 0 saturated heterocycles. The van der Waals surface area contributed by atoms with Crippen molar-refractivity contribution >= 4 is 27.4 Å². The molecule has 176 valence electrons. The van der Waals surface area contributed by atoms with Crippen LogP contribution in [0.2, 0.25) is 0 Å². The first-order chi connectivity index (χ1) is 16.3. The topological polar surface area (TPSA) is 111 Å². The van der Waals surface area contributed by atoms with Crippen LogP contribution in [0.1, 0.15) is 22.8 Å². The first-order valence-corrected chi connectivity index (χ1v) is 12.2. The number of carbonyl (C=O) groups is 2. The maximum Gasteiger partial charge on any atom is 0.242 e. The molecule has 0 radical (unpaired) electrons. The van der Waals surface area contributed by atoms with Crippen molar-refractivity contribution in [2.24, 2.45) is 0 Å². The standard InChI is InChI=1S/C25H24N2O6S/c1-17(28)19-8-5-9-20(15-19)26-25(29)22(14-18-6-3-2-4-7-18)27-34(30,31)21-10-11-23-24(16-21)33-13-12-32-23/h2-11,15-16,22,27H,12-14H2,1H3,(H,26,29). The lowest BCUT2D eigenvalue weighted by Crippen LogP contribution is -2.45. The van der Waals surface area contributed by atoms with Gasteiger partial charge in [-0.05, 0) is 43.2 Å². The van der Waals surface area contributed by atoms with Crippen molar-refractivity contribution in [3.63, 3.8) is 0 Å². The molecular formula is C25H24N2O6S. The Morgan fingerprint density at radius 1 is 0.912 bits per heavy atom. The number of anilines is 1. The third-order valence-corrected chi connectivity index (χ3v) is 6.73. The van der Waals surface area contributed by atoms with Gasteiger partial charge in [0.1, 0.15) is 19.3 Å². The fourth-order valence-electron chi connectivity index (χ4n) is 3.53. The van der Waals surface area contributed by atoms with Crippen LogP contribution in [0.25, 0.3) is 0 Å². The number of hydrogen-bond donors (Lipinski definition) is 2. The average Bonchev–Trinajstić information content (AvgIpc) is 2.84. The number of Topliss-reactive ketones (excluding diaryl/α,β-unsaturated/α-hetero) is 1. The zero-order chi connectivity index (χ0) is 24.1. The predicted octanol–water partition coefficient (Wildman–Crippen LogP) is 3.19. The van der Waals surface area contributed by atoms with E-state index in [-0.39, 0.29) is 17.1 Å². The normalized spacial score (nSPS) is 13.7. The number of rotatable bonds is 8. The molecule has 1 heterocycles. The molecule has 0 saturated carbocycles. The number of benzene rings is 3. The molecule has 3 aromatic rings. The molecule has 34 heavy (non-hydrogen) atoms. The molecule has 0 fully saturated rings. The molecule has 0 aromatic heterocycles. The van der Waals surface area contributed by atoms with Gasteiger partial charge in [-0.3, -0.25) is 9.59 Å². The molecule has 1 aliphatic rings. The molecule has 1 aliphatic heterocycles. The predicted molar refractivity (Wildman–Crippen MR) is 127 cm³/mol. The van der Waals surface area contributed by atoms with Gasteiger partial charge >= 0.3 is 0 Å². The van der Waals surface area contributed by atoms with E-state index in [0.29, 0.717) is 36.0 Å². The fraction of sp³-hybridized carbons (Fsp3) is 0.200. The van der Waals surface area contributed by atoms with Crippen LogP contribution >= 0.6 is 0 Å². The number of ether oxygens (including phenoxy) is 2. The summed E-state index contributed by atoms with van der Waals surface area (Å²) < 4.78 is 39.8. The summed E-state index contributed by atoms with van der Waals surface area (Å²) in [5, 5.41) is 2.72. The summed E-state index contributed by atoms with van der Waals surface area (Å²) in [6, 6.07) is 18.8. The van der Waals surface area contributed by atoms with Crippen LogP contribution in [-0.2, 0) is 21.2 Å². The molecule has 2 N–H and O–H groups in total. The van der Waals surface area contributed by atoms with E-state index in [1.807, 2.05) is 30.3 Å². The van der Waals surface area contributed by atoms with Gasteiger partial charge in [-0.1, -0.05) is 42.5 Å². The Morgan fingerprint density at radius 2 is 1.65 bits per heavy atom. The summed E-state index contributed by atoms with van der Waals surface area (Å²) in [4.78, 5) is 24.8. The van der Waals surface area contributed by atoms with Gasteiger partial charge in [0.2, 0.25) is 15.9 Å². The Kier molecular flexibility index (Phi) is 6.95. The number of ketones is 1. The monoisotopic (exact) mass is 480 g/mol. The maximum absolute atomic E-state index is 13.2. The van der Waals surface area contributed by atoms with E-state index in [0.717, 1.165) is 5.56 Å². The van der Waals surface area contributed by atoms with E-state index >= 15 is 0 Å². The molecule has 0 spiro atoms. The van der Waals surface area contributed by atoms with Gasteiger partial charge in [0.05, 0.1) is 4.90 Å². The van der Waals surface area contributed by atoms with E-state index in [2.05, 4.69) is 10.0 Å². The van der Waals surface area contributed by atoms with Crippen molar-refractivity contribution in [2.45, 2.75) is 24.3 Å². The molecular weight excluding hydrogens is 456 g/mol. The smallest absolute Gasteiger partial charge is 0.242 e. The van der Waals surface area contributed by atoms with Gasteiger partial charge in [0.25, 0.3) is 0 Å². The molecule has 9 heteroatoms. The molecule has 0 aliphatic carbocycles. The lowest BCUT2D eigenvalue weighted by atomic mass is 10.1. The van der Waals surface area contributed by atoms with Crippen LogP contribution in [0.3, 0.4) is 0 Å². The van der Waals surface area contributed by atoms with Gasteiger partial charge in [0, 0.05) is 17.3 Å². The first kappa shape index (κ1) is 23.5. The highest BCUT2D eigenvalue weighted by Gasteiger charge is 2.27. The molecule has 1 unspecified atom stereocenters. The molecule has 1 atom stereocenters. The lowest BCUT2D eigenvalue weighted by molar-refractivity contribution is -0.117. The van der Waals surface area contributed by atoms with Gasteiger partial charge in [-0.15, -0.1) is 0 Å². The quantitative estimate of drug-likeness (QED) is 0.479. The van der Waals surface area contributed by atoms with E-state index in [9.17, 15) is 18.0 Å². The second kappa shape index (κ2) is 10.1. The Balaban J connectivity index is 1.60. The van der Waals surface area contributed by atoms with Crippen LogP contribution in [0.5, 0.6) is 11.5 Å². The van der Waals surface area contributed by atoms with Crippen molar-refractivity contribution in [1.82, 2.24) is 4.72 Å². The molecule has 3 aromatic carbocycles. The summed E-state index contributed by atoms with van der Waals surface area (Å²) in [5.74, 6) is 0.107. The van der Waals surface area contributed by atoms with Gasteiger partial charge in [0.15, 0.2) is 17.3 Å². The van der Waals surface area contributed by atoms with Crippen LogP contribution < -0.4 is 19.5 Å². The van der Waals surface area contributed by atoms with E-state index < -0.39 is 22.0 Å². The Hall–Kier alpha value is -3.69. The highest BCUT2D eigenvalue weighted by molar-refractivity contribution is 7.89. The largest absolute Gasteiger partial charge is 0.486 e. The average molecular weight is 481 g/mol. The Bertz CT molecular complexity index is 1310. The van der Waals surface area contributed by atoms with Crippen LogP contribution in [-0.4, -0.2) is 39.4 Å². The molecule has 4 rings (SSSR count). The van der Waals surface area contributed by atoms with Crippen molar-refractivity contribution in [1.29, 1.82) is 0 Å². The molecule has 1 amide bonds. The van der Waals surface area contributed by atoms with Crippen LogP contribution in [0, 0.1) is 0 Å². The number of fused-ring (bicyclic) bond motifs is 1. The number of carbonyl (C=O) groups excluding carboxylic acids is 2. The number of nitrogens with one attached hydrogen (secondary N) is 2. The van der Waals surface area contributed by atoms with Crippen molar-refractivity contribution in [3.8, 4) is 11.5 Å². The molecule has 0 bridgehead atoms. The minimum absolute atomic E-state index is 0.0406. The summed E-state index contributed by atoms with van der Waals surface area (Å²) in [7, 11) is -4.07. The number of hydrogen-bond acceptors (Lipinski definition) is 6. The Labute approximate surface area is 198 Å². The number of amides is 1. The highest BCUT2D eigenvalue weighted by Crippen LogP contribution is 2.32. The summed E-state index contributed by atoms with van der Waals surface area (Å²) in [5.41, 5.74) is 1.62. The van der Waals surface area contributed by atoms with Crippen molar-refractivity contribution in [3.05, 3.63) is 83.9 Å². The highest BCUT2D eigenvalue weighted by atomic mass is 32.2. The van der Waals surface area contributed by atoms with Crippen molar-refractivity contribution in [2.75, 3.05) is 18.5 Å². The maximum atomic E-state index is 13.2. The summed E-state index contributed by atoms with van der Waals surface area (Å²) >= 11 is 0. The van der Waals surface area contributed by atoms with E-state index in [1.54, 1.807) is 24.3 Å². The first-order valence-electron chi connectivity index (χ1n) is 10.7. The number of sulfonamides is 1. The van der Waals surface area contributed by atoms with Gasteiger partial charge < -0.3 is 14.8 Å². The van der Waals surface area contributed by atoms with Crippen molar-refractivity contribution < 1.29 is 27.5 Å². The van der Waals surface area contributed by atoms with E-state index in [4.69, 9.17) is 9.47 Å². The zero-order valence-corrected chi connectivity index (χ0v) is 19.3. The minimum Gasteiger partial charge on any atom is -0.486 e. The second-order valence-electron chi connectivity index (χ2n) is 7.80. The third-order valence-electron chi connectivity index (χ3n) is 5.26. The summed E-state index contributed by atoms with van der Waals surface area (Å²) in [6.45, 7) is 2.14. The van der Waals surface area contributed by atoms with E-state index in [1.165, 1.54) is 25.1 Å². The SMILES string of the molecule is CC(=O)c1cccc(NC(=O)C(Cc2ccccc2)NS(=O)(=O)c2ccc3c(c2)OCCO3)c1. The van der Waals surface area contributed by atoms with Gasteiger partial charge in [-0.2, -0.15) is 4.72 Å². The third kappa shape index (κ3) is 5.62. The molecule has 8 nitrogen and oxygen atoms in total. The fourth-order valence-corrected chi connectivity index (χ4v) is 4.74. The zero-order valence-electron chi connectivity index (χ0n) is 18.5. The summed E-state index contributed by atoms with van der Waals surface area (Å²) in [6.07, 6.45) is 0.128. The Morgan fingerprint density at radius 3 is 2.38 bits per heavy atom. The minimum atomic E-state index is -4.07. The second-order valence-corrected chi connectivity index (χ2v) is 9.51. The van der Waals surface area contributed by atoms with Crippen LogP contribution in [0.4, 0.5) is 5.69 Å².